The molecule has 0 spiro atoms. The molecule has 0 saturated heterocycles. The maximum Gasteiger partial charge on any atom is 0.418 e. The maximum absolute atomic E-state index is 13.5. The number of aromatic nitrogens is 1. The van der Waals surface area contributed by atoms with Crippen LogP contribution in [0.1, 0.15) is 28.0 Å². The van der Waals surface area contributed by atoms with E-state index in [1.807, 2.05) is 0 Å². The molecule has 0 unspecified atom stereocenters. The topological polar surface area (TPSA) is 22.0 Å². The molecule has 1 aliphatic carbocycles. The summed E-state index contributed by atoms with van der Waals surface area (Å²) in [5.74, 6) is -7.94. The summed E-state index contributed by atoms with van der Waals surface area (Å²) in [5.41, 5.74) is -3.37. The van der Waals surface area contributed by atoms with Gasteiger partial charge in [0.2, 0.25) is 5.78 Å². The predicted octanol–water partition coefficient (Wildman–Crippen LogP) is 4.54. The molecule has 0 bridgehead atoms. The Morgan fingerprint density at radius 1 is 1.04 bits per heavy atom. The van der Waals surface area contributed by atoms with Gasteiger partial charge in [-0.2, -0.15) is 22.0 Å². The van der Waals surface area contributed by atoms with E-state index in [9.17, 15) is 35.5 Å². The summed E-state index contributed by atoms with van der Waals surface area (Å²) >= 11 is 0. The quantitative estimate of drug-likeness (QED) is 0.692. The van der Waals surface area contributed by atoms with E-state index in [-0.39, 0.29) is 11.4 Å². The number of hydrogen-bond donors (Lipinski definition) is 0. The second-order valence-electron chi connectivity index (χ2n) is 5.39. The van der Waals surface area contributed by atoms with Crippen molar-refractivity contribution in [3.05, 3.63) is 52.9 Å². The number of fused-ring (bicyclic) bond motifs is 1. The molecule has 0 aliphatic heterocycles. The van der Waals surface area contributed by atoms with Crippen LogP contribution in [0.3, 0.4) is 0 Å². The van der Waals surface area contributed by atoms with Gasteiger partial charge < -0.3 is 4.57 Å². The Hall–Kier alpha value is -2.32. The third-order valence-electron chi connectivity index (χ3n) is 3.77. The van der Waals surface area contributed by atoms with E-state index < -0.39 is 53.5 Å². The van der Waals surface area contributed by atoms with Gasteiger partial charge in [-0.3, -0.25) is 4.79 Å². The second kappa shape index (κ2) is 5.09. The number of nitrogens with zero attached hydrogens (tertiary/aromatic N) is 1. The van der Waals surface area contributed by atoms with E-state index in [0.717, 1.165) is 16.7 Å². The number of halogens is 7. The minimum atomic E-state index is -5.07. The second-order valence-corrected chi connectivity index (χ2v) is 5.39. The molecule has 0 radical (unpaired) electrons. The number of Topliss-reactive ketones (excluding diaryl/α,β-unsaturated/α-hetero) is 1. The summed E-state index contributed by atoms with van der Waals surface area (Å²) in [7, 11) is 0. The van der Waals surface area contributed by atoms with Crippen LogP contribution in [0.4, 0.5) is 30.7 Å². The molecule has 9 heteroatoms. The van der Waals surface area contributed by atoms with Crippen LogP contribution < -0.4 is 0 Å². The predicted molar refractivity (Wildman–Crippen MR) is 68.3 cm³/mol. The number of hydrogen-bond acceptors (Lipinski definition) is 1. The molecule has 1 aliphatic rings. The highest BCUT2D eigenvalue weighted by Crippen LogP contribution is 2.42. The smallest absolute Gasteiger partial charge is 0.319 e. The first-order valence-electron chi connectivity index (χ1n) is 6.71. The third kappa shape index (κ3) is 2.57. The zero-order valence-corrected chi connectivity index (χ0v) is 11.7. The molecule has 2 aromatic rings. The highest BCUT2D eigenvalue weighted by atomic mass is 19.4. The maximum atomic E-state index is 13.5. The van der Waals surface area contributed by atoms with Gasteiger partial charge in [-0.25, -0.2) is 8.78 Å². The molecule has 1 aromatic heterocycles. The molecule has 24 heavy (non-hydrogen) atoms. The fraction of sp³-hybridized carbons (Fsp3) is 0.267. The molecular weight excluding hydrogens is 343 g/mol. The lowest BCUT2D eigenvalue weighted by Crippen LogP contribution is -2.35. The Morgan fingerprint density at radius 2 is 1.62 bits per heavy atom. The lowest BCUT2D eigenvalue weighted by molar-refractivity contribution is -0.138. The van der Waals surface area contributed by atoms with Crippen molar-refractivity contribution in [2.24, 2.45) is 0 Å². The zero-order chi connectivity index (χ0) is 17.9. The number of rotatable bonds is 1. The molecule has 3 rings (SSSR count). The fourth-order valence-corrected chi connectivity index (χ4v) is 2.74. The highest BCUT2D eigenvalue weighted by molar-refractivity contribution is 6.05. The summed E-state index contributed by atoms with van der Waals surface area (Å²) in [6.07, 6.45) is -6.16. The van der Waals surface area contributed by atoms with Gasteiger partial charge in [0.1, 0.15) is 11.6 Å². The molecule has 2 nitrogen and oxygen atoms in total. The van der Waals surface area contributed by atoms with Crippen LogP contribution in [0.15, 0.2) is 24.4 Å². The molecule has 0 saturated carbocycles. The SMILES string of the molecule is O=C1c2c(C(F)(F)F)cn(-c3cc(F)cc(F)c3)c2CCC1(F)F. The minimum absolute atomic E-state index is 0.322. The Bertz CT molecular complexity index is 815. The summed E-state index contributed by atoms with van der Waals surface area (Å²) < 4.78 is 93.8. The molecule has 0 amide bonds. The van der Waals surface area contributed by atoms with Gasteiger partial charge in [0, 0.05) is 24.4 Å². The average Bonchev–Trinajstić information content (AvgIpc) is 2.82. The first-order valence-corrected chi connectivity index (χ1v) is 6.71. The summed E-state index contributed by atoms with van der Waals surface area (Å²) in [4.78, 5) is 11.8. The Morgan fingerprint density at radius 3 is 2.17 bits per heavy atom. The van der Waals surface area contributed by atoms with Crippen LogP contribution in [-0.4, -0.2) is 16.3 Å². The molecule has 0 atom stereocenters. The monoisotopic (exact) mass is 351 g/mol. The lowest BCUT2D eigenvalue weighted by Gasteiger charge is -2.23. The van der Waals surface area contributed by atoms with E-state index in [4.69, 9.17) is 0 Å². The summed E-state index contributed by atoms with van der Waals surface area (Å²) in [6.45, 7) is 0. The fourth-order valence-electron chi connectivity index (χ4n) is 2.74. The first-order chi connectivity index (χ1) is 11.0. The van der Waals surface area contributed by atoms with Crippen LogP contribution in [0.2, 0.25) is 0 Å². The molecule has 1 heterocycles. The van der Waals surface area contributed by atoms with E-state index >= 15 is 0 Å². The zero-order valence-electron chi connectivity index (χ0n) is 11.7. The van der Waals surface area contributed by atoms with Crippen molar-refractivity contribution in [3.63, 3.8) is 0 Å². The van der Waals surface area contributed by atoms with Gasteiger partial charge in [0.25, 0.3) is 0 Å². The van der Waals surface area contributed by atoms with Gasteiger partial charge in [0.15, 0.2) is 0 Å². The minimum Gasteiger partial charge on any atom is -0.319 e. The molecule has 128 valence electrons. The lowest BCUT2D eigenvalue weighted by atomic mass is 9.90. The van der Waals surface area contributed by atoms with Gasteiger partial charge in [0.05, 0.1) is 16.8 Å². The van der Waals surface area contributed by atoms with Crippen molar-refractivity contribution in [3.8, 4) is 5.69 Å². The van der Waals surface area contributed by atoms with Crippen molar-refractivity contribution in [1.29, 1.82) is 0 Å². The van der Waals surface area contributed by atoms with E-state index in [0.29, 0.717) is 12.3 Å². The van der Waals surface area contributed by atoms with E-state index in [1.54, 1.807) is 0 Å². The van der Waals surface area contributed by atoms with Crippen LogP contribution in [0.5, 0.6) is 0 Å². The molecule has 0 N–H and O–H groups in total. The van der Waals surface area contributed by atoms with E-state index in [2.05, 4.69) is 0 Å². The van der Waals surface area contributed by atoms with Crippen molar-refractivity contribution < 1.29 is 35.5 Å². The van der Waals surface area contributed by atoms with Crippen molar-refractivity contribution in [2.75, 3.05) is 0 Å². The van der Waals surface area contributed by atoms with Gasteiger partial charge in [-0.05, 0) is 18.6 Å². The number of benzene rings is 1. The van der Waals surface area contributed by atoms with Crippen LogP contribution >= 0.6 is 0 Å². The number of carbonyl (C=O) groups excluding carboxylic acids is 1. The summed E-state index contributed by atoms with van der Waals surface area (Å²) in [5, 5.41) is 0. The number of ketones is 1. The van der Waals surface area contributed by atoms with E-state index in [1.165, 1.54) is 0 Å². The van der Waals surface area contributed by atoms with Gasteiger partial charge in [-0.15, -0.1) is 0 Å². The standard InChI is InChI=1S/C15H8F7NO/c16-7-3-8(17)5-9(4-7)23-6-10(15(20,21)22)12-11(23)1-2-14(18,19)13(12)24/h3-6H,1-2H2. The number of carbonyl (C=O) groups is 1. The Kier molecular flexibility index (Phi) is 3.50. The largest absolute Gasteiger partial charge is 0.418 e. The van der Waals surface area contributed by atoms with Crippen molar-refractivity contribution >= 4 is 5.78 Å². The highest BCUT2D eigenvalue weighted by Gasteiger charge is 2.50. The Balaban J connectivity index is 2.29. The van der Waals surface area contributed by atoms with Crippen LogP contribution in [0.25, 0.3) is 5.69 Å². The number of alkyl halides is 5. The Labute approximate surface area is 130 Å². The molecular formula is C15H8F7NO. The van der Waals surface area contributed by atoms with Gasteiger partial charge in [-0.1, -0.05) is 0 Å². The first kappa shape index (κ1) is 16.5. The molecule has 0 fully saturated rings. The van der Waals surface area contributed by atoms with Crippen LogP contribution in [-0.2, 0) is 12.6 Å². The third-order valence-corrected chi connectivity index (χ3v) is 3.77. The van der Waals surface area contributed by atoms with Crippen LogP contribution in [0, 0.1) is 11.6 Å². The normalized spacial score (nSPS) is 17.0. The van der Waals surface area contributed by atoms with Crippen molar-refractivity contribution in [2.45, 2.75) is 24.9 Å². The average molecular weight is 351 g/mol. The van der Waals surface area contributed by atoms with Gasteiger partial charge >= 0.3 is 12.1 Å². The van der Waals surface area contributed by atoms with Crippen molar-refractivity contribution in [1.82, 2.24) is 4.57 Å². The molecule has 1 aromatic carbocycles. The summed E-state index contributed by atoms with van der Waals surface area (Å²) in [6, 6.07) is 2.02.